The van der Waals surface area contributed by atoms with E-state index in [1.807, 2.05) is 0 Å². The van der Waals surface area contributed by atoms with Gasteiger partial charge in [-0.3, -0.25) is 0 Å². The quantitative estimate of drug-likeness (QED) is 0.801. The highest BCUT2D eigenvalue weighted by Gasteiger charge is 2.16. The van der Waals surface area contributed by atoms with Gasteiger partial charge in [0.1, 0.15) is 4.90 Å². The third kappa shape index (κ3) is 4.02. The Bertz CT molecular complexity index is 697. The third-order valence-corrected chi connectivity index (χ3v) is 4.35. The molecule has 0 radical (unpaired) electrons. The molecule has 0 atom stereocenters. The first kappa shape index (κ1) is 15.5. The second-order valence-electron chi connectivity index (χ2n) is 4.40. The first-order chi connectivity index (χ1) is 10.0. The number of anilines is 1. The van der Waals surface area contributed by atoms with Gasteiger partial charge < -0.3 is 9.84 Å². The molecule has 0 spiro atoms. The molecule has 0 aliphatic carbocycles. The SMILES string of the molecule is CCNS(=O)(=O)c1ccccc1NCCc1noc(C)n1. The van der Waals surface area contributed by atoms with Gasteiger partial charge in [0.2, 0.25) is 15.9 Å². The average molecular weight is 310 g/mol. The number of nitrogens with one attached hydrogen (secondary N) is 2. The highest BCUT2D eigenvalue weighted by atomic mass is 32.2. The van der Waals surface area contributed by atoms with Crippen molar-refractivity contribution in [3.05, 3.63) is 36.0 Å². The molecule has 0 fully saturated rings. The van der Waals surface area contributed by atoms with E-state index in [9.17, 15) is 8.42 Å². The van der Waals surface area contributed by atoms with Gasteiger partial charge in [-0.05, 0) is 12.1 Å². The minimum atomic E-state index is -3.49. The largest absolute Gasteiger partial charge is 0.383 e. The summed E-state index contributed by atoms with van der Waals surface area (Å²) < 4.78 is 31.6. The second-order valence-corrected chi connectivity index (χ2v) is 6.14. The Balaban J connectivity index is 2.06. The summed E-state index contributed by atoms with van der Waals surface area (Å²) in [6.45, 7) is 4.32. The van der Waals surface area contributed by atoms with Crippen LogP contribution in [0, 0.1) is 6.92 Å². The summed E-state index contributed by atoms with van der Waals surface area (Å²) in [6.07, 6.45) is 0.549. The molecule has 0 bridgehead atoms. The van der Waals surface area contributed by atoms with Crippen molar-refractivity contribution in [2.24, 2.45) is 0 Å². The van der Waals surface area contributed by atoms with E-state index < -0.39 is 10.0 Å². The predicted molar refractivity (Wildman–Crippen MR) is 78.5 cm³/mol. The van der Waals surface area contributed by atoms with Crippen molar-refractivity contribution in [3.63, 3.8) is 0 Å². The van der Waals surface area contributed by atoms with Gasteiger partial charge >= 0.3 is 0 Å². The van der Waals surface area contributed by atoms with Crippen LogP contribution in [0.15, 0.2) is 33.7 Å². The van der Waals surface area contributed by atoms with Crippen molar-refractivity contribution in [3.8, 4) is 0 Å². The van der Waals surface area contributed by atoms with Crippen LogP contribution in [-0.4, -0.2) is 31.6 Å². The number of hydrogen-bond acceptors (Lipinski definition) is 6. The molecular formula is C13H18N4O3S. The Hall–Kier alpha value is -1.93. The van der Waals surface area contributed by atoms with Crippen molar-refractivity contribution in [2.45, 2.75) is 25.2 Å². The molecule has 2 N–H and O–H groups in total. The molecule has 0 unspecified atom stereocenters. The van der Waals surface area contributed by atoms with Gasteiger partial charge in [-0.25, -0.2) is 13.1 Å². The Morgan fingerprint density at radius 2 is 2.05 bits per heavy atom. The fraction of sp³-hybridized carbons (Fsp3) is 0.385. The van der Waals surface area contributed by atoms with Crippen molar-refractivity contribution < 1.29 is 12.9 Å². The van der Waals surface area contributed by atoms with Gasteiger partial charge in [-0.1, -0.05) is 24.2 Å². The number of rotatable bonds is 7. The number of aryl methyl sites for hydroxylation is 1. The van der Waals surface area contributed by atoms with Crippen LogP contribution >= 0.6 is 0 Å². The van der Waals surface area contributed by atoms with Gasteiger partial charge in [-0.2, -0.15) is 4.98 Å². The predicted octanol–water partition coefficient (Wildman–Crippen LogP) is 1.33. The van der Waals surface area contributed by atoms with E-state index in [-0.39, 0.29) is 4.90 Å². The monoisotopic (exact) mass is 310 g/mol. The van der Waals surface area contributed by atoms with Gasteiger partial charge in [0.25, 0.3) is 0 Å². The molecule has 2 aromatic rings. The maximum absolute atomic E-state index is 12.1. The first-order valence-corrected chi connectivity index (χ1v) is 8.13. The summed E-state index contributed by atoms with van der Waals surface area (Å²) in [5.74, 6) is 1.10. The van der Waals surface area contributed by atoms with Crippen LogP contribution < -0.4 is 10.0 Å². The van der Waals surface area contributed by atoms with Crippen molar-refractivity contribution in [1.82, 2.24) is 14.9 Å². The van der Waals surface area contributed by atoms with Gasteiger partial charge in [0.15, 0.2) is 5.82 Å². The topological polar surface area (TPSA) is 97.1 Å². The third-order valence-electron chi connectivity index (χ3n) is 2.74. The van der Waals surface area contributed by atoms with E-state index in [0.29, 0.717) is 36.9 Å². The molecule has 0 saturated heterocycles. The molecule has 1 aromatic heterocycles. The second kappa shape index (κ2) is 6.68. The summed E-state index contributed by atoms with van der Waals surface area (Å²) in [6, 6.07) is 6.77. The molecule has 7 nitrogen and oxygen atoms in total. The minimum Gasteiger partial charge on any atom is -0.383 e. The molecule has 0 saturated carbocycles. The zero-order chi connectivity index (χ0) is 15.3. The standard InChI is InChI=1S/C13H18N4O3S/c1-3-15-21(18,19)12-7-5-4-6-11(12)14-9-8-13-16-10(2)20-17-13/h4-7,14-15H,3,8-9H2,1-2H3. The fourth-order valence-electron chi connectivity index (χ4n) is 1.87. The molecule has 2 rings (SSSR count). The van der Waals surface area contributed by atoms with Crippen LogP contribution in [0.4, 0.5) is 5.69 Å². The molecule has 0 amide bonds. The Morgan fingerprint density at radius 1 is 1.29 bits per heavy atom. The zero-order valence-electron chi connectivity index (χ0n) is 12.0. The molecule has 1 aromatic carbocycles. The Morgan fingerprint density at radius 3 is 2.71 bits per heavy atom. The number of benzene rings is 1. The number of sulfonamides is 1. The first-order valence-electron chi connectivity index (χ1n) is 6.64. The van der Waals surface area contributed by atoms with E-state index in [1.165, 1.54) is 0 Å². The molecule has 1 heterocycles. The van der Waals surface area contributed by atoms with E-state index in [1.54, 1.807) is 38.1 Å². The van der Waals surface area contributed by atoms with E-state index in [2.05, 4.69) is 20.2 Å². The van der Waals surface area contributed by atoms with Gasteiger partial charge in [0.05, 0.1) is 5.69 Å². The summed E-state index contributed by atoms with van der Waals surface area (Å²) in [7, 11) is -3.49. The molecule has 114 valence electrons. The molecule has 8 heteroatoms. The lowest BCUT2D eigenvalue weighted by Gasteiger charge is -2.12. The van der Waals surface area contributed by atoms with Crippen LogP contribution in [0.25, 0.3) is 0 Å². The lowest BCUT2D eigenvalue weighted by molar-refractivity contribution is 0.387. The molecule has 0 aliphatic rings. The molecule has 21 heavy (non-hydrogen) atoms. The van der Waals surface area contributed by atoms with E-state index in [0.717, 1.165) is 0 Å². The lowest BCUT2D eigenvalue weighted by Crippen LogP contribution is -2.24. The van der Waals surface area contributed by atoms with Crippen LogP contribution in [-0.2, 0) is 16.4 Å². The summed E-state index contributed by atoms with van der Waals surface area (Å²) in [5.41, 5.74) is 0.554. The van der Waals surface area contributed by atoms with Crippen molar-refractivity contribution in [1.29, 1.82) is 0 Å². The van der Waals surface area contributed by atoms with Crippen LogP contribution in [0.5, 0.6) is 0 Å². The number of para-hydroxylation sites is 1. The number of aromatic nitrogens is 2. The van der Waals surface area contributed by atoms with E-state index in [4.69, 9.17) is 4.52 Å². The molecular weight excluding hydrogens is 292 g/mol. The number of nitrogens with zero attached hydrogens (tertiary/aromatic N) is 2. The van der Waals surface area contributed by atoms with Gasteiger partial charge in [-0.15, -0.1) is 0 Å². The normalized spacial score (nSPS) is 11.5. The van der Waals surface area contributed by atoms with E-state index >= 15 is 0 Å². The average Bonchev–Trinajstić information content (AvgIpc) is 2.85. The highest BCUT2D eigenvalue weighted by Crippen LogP contribution is 2.20. The minimum absolute atomic E-state index is 0.233. The van der Waals surface area contributed by atoms with Crippen LogP contribution in [0.3, 0.4) is 0 Å². The Kier molecular flexibility index (Phi) is 4.92. The van der Waals surface area contributed by atoms with Crippen LogP contribution in [0.1, 0.15) is 18.6 Å². The van der Waals surface area contributed by atoms with Crippen LogP contribution in [0.2, 0.25) is 0 Å². The zero-order valence-corrected chi connectivity index (χ0v) is 12.8. The summed E-state index contributed by atoms with van der Waals surface area (Å²) in [5, 5.41) is 6.89. The highest BCUT2D eigenvalue weighted by molar-refractivity contribution is 7.89. The van der Waals surface area contributed by atoms with Crippen molar-refractivity contribution >= 4 is 15.7 Å². The molecule has 0 aliphatic heterocycles. The summed E-state index contributed by atoms with van der Waals surface area (Å²) >= 11 is 0. The summed E-state index contributed by atoms with van der Waals surface area (Å²) in [4.78, 5) is 4.33. The maximum Gasteiger partial charge on any atom is 0.242 e. The fourth-order valence-corrected chi connectivity index (χ4v) is 3.09. The number of hydrogen-bond donors (Lipinski definition) is 2. The maximum atomic E-state index is 12.1. The Labute approximate surface area is 123 Å². The lowest BCUT2D eigenvalue weighted by atomic mass is 10.3. The van der Waals surface area contributed by atoms with Gasteiger partial charge in [0, 0.05) is 26.4 Å². The van der Waals surface area contributed by atoms with Crippen molar-refractivity contribution in [2.75, 3.05) is 18.4 Å². The smallest absolute Gasteiger partial charge is 0.242 e.